The van der Waals surface area contributed by atoms with Crippen LogP contribution in [0.1, 0.15) is 18.5 Å². The van der Waals surface area contributed by atoms with Crippen LogP contribution in [0.3, 0.4) is 0 Å². The van der Waals surface area contributed by atoms with Crippen molar-refractivity contribution in [3.05, 3.63) is 16.9 Å². The second-order valence-corrected chi connectivity index (χ2v) is 3.39. The molecule has 0 unspecified atom stereocenters. The standard InChI is InChI=1S/C9H13ClN2O2/c1-7-8(10)6-11-12(7)5-3-4-9(13)14-2/h6H,3-5H2,1-2H3. The number of carbonyl (C=O) groups excluding carboxylic acids is 1. The number of hydrogen-bond acceptors (Lipinski definition) is 3. The summed E-state index contributed by atoms with van der Waals surface area (Å²) in [6, 6.07) is 0. The molecule has 0 saturated carbocycles. The first-order valence-electron chi connectivity index (χ1n) is 4.40. The molecule has 0 amide bonds. The predicted octanol–water partition coefficient (Wildman–Crippen LogP) is 1.80. The van der Waals surface area contributed by atoms with Crippen molar-refractivity contribution in [2.75, 3.05) is 7.11 Å². The molecule has 0 spiro atoms. The highest BCUT2D eigenvalue weighted by atomic mass is 35.5. The van der Waals surface area contributed by atoms with E-state index >= 15 is 0 Å². The van der Waals surface area contributed by atoms with E-state index in [2.05, 4.69) is 9.84 Å². The van der Waals surface area contributed by atoms with Crippen molar-refractivity contribution in [2.45, 2.75) is 26.3 Å². The molecule has 1 rings (SSSR count). The van der Waals surface area contributed by atoms with E-state index in [4.69, 9.17) is 11.6 Å². The van der Waals surface area contributed by atoms with E-state index in [1.54, 1.807) is 10.9 Å². The predicted molar refractivity (Wildman–Crippen MR) is 53.2 cm³/mol. The van der Waals surface area contributed by atoms with Gasteiger partial charge in [0.05, 0.1) is 24.0 Å². The molecular weight excluding hydrogens is 204 g/mol. The van der Waals surface area contributed by atoms with Crippen LogP contribution in [0.25, 0.3) is 0 Å². The Bertz CT molecular complexity index is 323. The van der Waals surface area contributed by atoms with Crippen LogP contribution in [0, 0.1) is 6.92 Å². The summed E-state index contributed by atoms with van der Waals surface area (Å²) < 4.78 is 6.31. The Morgan fingerprint density at radius 3 is 2.93 bits per heavy atom. The number of ether oxygens (including phenoxy) is 1. The van der Waals surface area contributed by atoms with Gasteiger partial charge < -0.3 is 4.74 Å². The summed E-state index contributed by atoms with van der Waals surface area (Å²) in [5.41, 5.74) is 0.927. The van der Waals surface area contributed by atoms with Crippen LogP contribution in [-0.4, -0.2) is 22.9 Å². The van der Waals surface area contributed by atoms with Gasteiger partial charge in [-0.1, -0.05) is 11.6 Å². The van der Waals surface area contributed by atoms with E-state index in [1.807, 2.05) is 6.92 Å². The minimum atomic E-state index is -0.194. The molecule has 0 aliphatic heterocycles. The minimum Gasteiger partial charge on any atom is -0.469 e. The van der Waals surface area contributed by atoms with Crippen molar-refractivity contribution in [1.29, 1.82) is 0 Å². The quantitative estimate of drug-likeness (QED) is 0.721. The van der Waals surface area contributed by atoms with E-state index in [9.17, 15) is 4.79 Å². The summed E-state index contributed by atoms with van der Waals surface area (Å²) >= 11 is 5.82. The molecule has 0 bridgehead atoms. The number of halogens is 1. The zero-order valence-electron chi connectivity index (χ0n) is 8.29. The lowest BCUT2D eigenvalue weighted by atomic mass is 10.3. The third-order valence-corrected chi connectivity index (χ3v) is 2.39. The maximum absolute atomic E-state index is 10.8. The molecule has 0 radical (unpaired) electrons. The maximum atomic E-state index is 10.8. The highest BCUT2D eigenvalue weighted by Crippen LogP contribution is 2.13. The fourth-order valence-corrected chi connectivity index (χ4v) is 1.27. The fourth-order valence-electron chi connectivity index (χ4n) is 1.12. The summed E-state index contributed by atoms with van der Waals surface area (Å²) in [6.07, 6.45) is 2.73. The third-order valence-electron chi connectivity index (χ3n) is 2.02. The number of methoxy groups -OCH3 is 1. The average Bonchev–Trinajstić information content (AvgIpc) is 2.49. The van der Waals surface area contributed by atoms with Crippen molar-refractivity contribution in [1.82, 2.24) is 9.78 Å². The largest absolute Gasteiger partial charge is 0.469 e. The third kappa shape index (κ3) is 2.73. The van der Waals surface area contributed by atoms with E-state index in [0.717, 1.165) is 5.69 Å². The van der Waals surface area contributed by atoms with Crippen LogP contribution in [-0.2, 0) is 16.1 Å². The number of hydrogen-bond donors (Lipinski definition) is 0. The van der Waals surface area contributed by atoms with E-state index in [1.165, 1.54) is 7.11 Å². The van der Waals surface area contributed by atoms with Crippen LogP contribution in [0.4, 0.5) is 0 Å². The molecule has 0 aliphatic carbocycles. The van der Waals surface area contributed by atoms with Gasteiger partial charge >= 0.3 is 5.97 Å². The van der Waals surface area contributed by atoms with Crippen LogP contribution in [0.15, 0.2) is 6.20 Å². The molecule has 14 heavy (non-hydrogen) atoms. The first-order chi connectivity index (χ1) is 6.65. The minimum absolute atomic E-state index is 0.194. The molecule has 1 aromatic heterocycles. The van der Waals surface area contributed by atoms with Crippen molar-refractivity contribution in [2.24, 2.45) is 0 Å². The maximum Gasteiger partial charge on any atom is 0.305 e. The molecule has 78 valence electrons. The van der Waals surface area contributed by atoms with Crippen molar-refractivity contribution in [3.8, 4) is 0 Å². The highest BCUT2D eigenvalue weighted by molar-refractivity contribution is 6.31. The summed E-state index contributed by atoms with van der Waals surface area (Å²) in [4.78, 5) is 10.8. The molecule has 5 heteroatoms. The van der Waals surface area contributed by atoms with Gasteiger partial charge in [0.15, 0.2) is 0 Å². The summed E-state index contributed by atoms with van der Waals surface area (Å²) in [5, 5.41) is 4.73. The van der Waals surface area contributed by atoms with Gasteiger partial charge in [-0.3, -0.25) is 9.48 Å². The lowest BCUT2D eigenvalue weighted by molar-refractivity contribution is -0.140. The monoisotopic (exact) mass is 216 g/mol. The molecule has 4 nitrogen and oxygen atoms in total. The van der Waals surface area contributed by atoms with Crippen LogP contribution < -0.4 is 0 Å². The van der Waals surface area contributed by atoms with E-state index < -0.39 is 0 Å². The Balaban J connectivity index is 2.39. The molecule has 1 heterocycles. The molecule has 0 aromatic carbocycles. The highest BCUT2D eigenvalue weighted by Gasteiger charge is 2.05. The lowest BCUT2D eigenvalue weighted by Gasteiger charge is -2.03. The first kappa shape index (κ1) is 11.0. The Hall–Kier alpha value is -1.03. The van der Waals surface area contributed by atoms with Gasteiger partial charge in [-0.25, -0.2) is 0 Å². The van der Waals surface area contributed by atoms with Crippen LogP contribution in [0.2, 0.25) is 5.02 Å². The molecule has 0 N–H and O–H groups in total. The number of rotatable bonds is 4. The topological polar surface area (TPSA) is 44.1 Å². The molecule has 0 atom stereocenters. The van der Waals surface area contributed by atoms with E-state index in [-0.39, 0.29) is 5.97 Å². The smallest absolute Gasteiger partial charge is 0.305 e. The second-order valence-electron chi connectivity index (χ2n) is 2.98. The van der Waals surface area contributed by atoms with Crippen LogP contribution in [0.5, 0.6) is 0 Å². The zero-order valence-corrected chi connectivity index (χ0v) is 9.04. The normalized spacial score (nSPS) is 10.2. The molecule has 1 aromatic rings. The number of carbonyl (C=O) groups is 1. The molecule has 0 saturated heterocycles. The van der Waals surface area contributed by atoms with Gasteiger partial charge in [0, 0.05) is 13.0 Å². The van der Waals surface area contributed by atoms with Gasteiger partial charge in [-0.2, -0.15) is 5.10 Å². The number of nitrogens with zero attached hydrogens (tertiary/aromatic N) is 2. The SMILES string of the molecule is COC(=O)CCCn1ncc(Cl)c1C. The Labute approximate surface area is 87.8 Å². The first-order valence-corrected chi connectivity index (χ1v) is 4.77. The summed E-state index contributed by atoms with van der Waals surface area (Å²) in [5.74, 6) is -0.194. The van der Waals surface area contributed by atoms with Gasteiger partial charge in [0.25, 0.3) is 0 Å². The molecule has 0 aliphatic rings. The summed E-state index contributed by atoms with van der Waals surface area (Å²) in [6.45, 7) is 2.58. The lowest BCUT2D eigenvalue weighted by Crippen LogP contribution is -2.06. The Kier molecular flexibility index (Phi) is 3.95. The molecular formula is C9H13ClN2O2. The fraction of sp³-hybridized carbons (Fsp3) is 0.556. The molecule has 0 fully saturated rings. The van der Waals surface area contributed by atoms with Crippen LogP contribution >= 0.6 is 11.6 Å². The van der Waals surface area contributed by atoms with Gasteiger partial charge in [0.2, 0.25) is 0 Å². The van der Waals surface area contributed by atoms with Gasteiger partial charge in [0.1, 0.15) is 0 Å². The Morgan fingerprint density at radius 1 is 1.71 bits per heavy atom. The van der Waals surface area contributed by atoms with Crippen molar-refractivity contribution < 1.29 is 9.53 Å². The van der Waals surface area contributed by atoms with Gasteiger partial charge in [-0.15, -0.1) is 0 Å². The van der Waals surface area contributed by atoms with E-state index in [0.29, 0.717) is 24.4 Å². The summed E-state index contributed by atoms with van der Waals surface area (Å²) in [7, 11) is 1.39. The van der Waals surface area contributed by atoms with Gasteiger partial charge in [-0.05, 0) is 13.3 Å². The number of aryl methyl sites for hydroxylation is 1. The Morgan fingerprint density at radius 2 is 2.43 bits per heavy atom. The zero-order chi connectivity index (χ0) is 10.6. The van der Waals surface area contributed by atoms with Crippen molar-refractivity contribution >= 4 is 17.6 Å². The second kappa shape index (κ2) is 5.00. The average molecular weight is 217 g/mol. The number of aromatic nitrogens is 2. The van der Waals surface area contributed by atoms with Crippen molar-refractivity contribution in [3.63, 3.8) is 0 Å². The number of esters is 1.